The number of nitrogens with one attached hydrogen (secondary N) is 1. The molecular formula is C20H19N5O2. The summed E-state index contributed by atoms with van der Waals surface area (Å²) >= 11 is 0. The van der Waals surface area contributed by atoms with E-state index in [0.29, 0.717) is 18.0 Å². The number of hydrogen-bond donors (Lipinski definition) is 1. The molecule has 2 heterocycles. The van der Waals surface area contributed by atoms with Crippen LogP contribution < -0.4 is 10.4 Å². The van der Waals surface area contributed by atoms with Crippen molar-refractivity contribution in [2.24, 2.45) is 0 Å². The molecule has 4 aromatic rings. The fourth-order valence-electron chi connectivity index (χ4n) is 3.01. The van der Waals surface area contributed by atoms with Crippen molar-refractivity contribution in [3.8, 4) is 22.6 Å². The third-order valence-corrected chi connectivity index (χ3v) is 4.46. The van der Waals surface area contributed by atoms with Crippen molar-refractivity contribution in [1.29, 1.82) is 0 Å². The van der Waals surface area contributed by atoms with E-state index in [1.54, 1.807) is 25.8 Å². The summed E-state index contributed by atoms with van der Waals surface area (Å²) in [5.41, 5.74) is 3.52. The quantitative estimate of drug-likeness (QED) is 0.573. The molecule has 0 fully saturated rings. The van der Waals surface area contributed by atoms with Crippen LogP contribution in [0.1, 0.15) is 5.56 Å². The molecule has 0 saturated heterocycles. The second kappa shape index (κ2) is 7.33. The minimum Gasteiger partial charge on any atom is -0.496 e. The largest absolute Gasteiger partial charge is 0.496 e. The molecule has 0 saturated carbocycles. The molecule has 27 heavy (non-hydrogen) atoms. The number of hydrogen-bond acceptors (Lipinski definition) is 4. The molecule has 0 aliphatic heterocycles. The Morgan fingerprint density at radius 3 is 2.74 bits per heavy atom. The van der Waals surface area contributed by atoms with Crippen molar-refractivity contribution in [2.45, 2.75) is 13.0 Å². The van der Waals surface area contributed by atoms with Crippen molar-refractivity contribution in [1.82, 2.24) is 24.5 Å². The average Bonchev–Trinajstić information content (AvgIpc) is 3.37. The molecule has 0 bridgehead atoms. The Kier molecular flexibility index (Phi) is 4.57. The van der Waals surface area contributed by atoms with Gasteiger partial charge in [0, 0.05) is 23.4 Å². The molecule has 0 atom stereocenters. The summed E-state index contributed by atoms with van der Waals surface area (Å²) in [6, 6.07) is 15.7. The number of rotatable bonds is 6. The molecule has 0 unspecified atom stereocenters. The summed E-state index contributed by atoms with van der Waals surface area (Å²) in [5, 5.41) is 11.0. The highest BCUT2D eigenvalue weighted by Gasteiger charge is 2.12. The number of aryl methyl sites for hydroxylation is 2. The molecule has 2 aromatic heterocycles. The first kappa shape index (κ1) is 16.8. The first-order valence-corrected chi connectivity index (χ1v) is 8.62. The molecule has 136 valence electrons. The van der Waals surface area contributed by atoms with Crippen LogP contribution in [0.4, 0.5) is 0 Å². The van der Waals surface area contributed by atoms with Gasteiger partial charge >= 0.3 is 5.69 Å². The van der Waals surface area contributed by atoms with E-state index in [-0.39, 0.29) is 5.69 Å². The summed E-state index contributed by atoms with van der Waals surface area (Å²) in [6.45, 7) is 0.528. The Morgan fingerprint density at radius 2 is 2.00 bits per heavy atom. The molecule has 0 aliphatic rings. The summed E-state index contributed by atoms with van der Waals surface area (Å²) < 4.78 is 8.50. The number of ether oxygens (including phenoxy) is 1. The van der Waals surface area contributed by atoms with E-state index < -0.39 is 0 Å². The van der Waals surface area contributed by atoms with Crippen molar-refractivity contribution in [3.05, 3.63) is 83.3 Å². The lowest BCUT2D eigenvalue weighted by Crippen LogP contribution is -2.24. The minimum atomic E-state index is -0.177. The van der Waals surface area contributed by atoms with Gasteiger partial charge in [0.1, 0.15) is 12.1 Å². The van der Waals surface area contributed by atoms with E-state index in [9.17, 15) is 4.79 Å². The zero-order valence-electron chi connectivity index (χ0n) is 14.9. The monoisotopic (exact) mass is 361 g/mol. The van der Waals surface area contributed by atoms with Crippen LogP contribution in [-0.4, -0.2) is 31.7 Å². The van der Waals surface area contributed by atoms with E-state index in [4.69, 9.17) is 4.74 Å². The molecule has 7 heteroatoms. The number of methoxy groups -OCH3 is 1. The van der Waals surface area contributed by atoms with Gasteiger partial charge in [-0.3, -0.25) is 5.10 Å². The van der Waals surface area contributed by atoms with Gasteiger partial charge in [-0.15, -0.1) is 0 Å². The predicted molar refractivity (Wildman–Crippen MR) is 102 cm³/mol. The molecule has 0 aliphatic carbocycles. The zero-order chi connectivity index (χ0) is 18.6. The second-order valence-electron chi connectivity index (χ2n) is 6.11. The molecule has 1 N–H and O–H groups in total. The van der Waals surface area contributed by atoms with Gasteiger partial charge in [-0.25, -0.2) is 14.0 Å². The maximum Gasteiger partial charge on any atom is 0.350 e. The summed E-state index contributed by atoms with van der Waals surface area (Å²) in [5.74, 6) is 0.665. The Bertz CT molecular complexity index is 1080. The van der Waals surface area contributed by atoms with Gasteiger partial charge in [0.05, 0.1) is 25.5 Å². The number of aromatic nitrogens is 5. The fourth-order valence-corrected chi connectivity index (χ4v) is 3.01. The molecule has 0 spiro atoms. The van der Waals surface area contributed by atoms with E-state index in [1.807, 2.05) is 48.5 Å². The zero-order valence-corrected chi connectivity index (χ0v) is 14.9. The predicted octanol–water partition coefficient (Wildman–Crippen LogP) is 2.68. The van der Waals surface area contributed by atoms with Gasteiger partial charge in [0.15, 0.2) is 0 Å². The Morgan fingerprint density at radius 1 is 1.15 bits per heavy atom. The van der Waals surface area contributed by atoms with Gasteiger partial charge in [0.2, 0.25) is 0 Å². The smallest absolute Gasteiger partial charge is 0.350 e. The first-order valence-electron chi connectivity index (χ1n) is 8.62. The van der Waals surface area contributed by atoms with Crippen LogP contribution in [0.5, 0.6) is 5.75 Å². The lowest BCUT2D eigenvalue weighted by molar-refractivity contribution is 0.416. The number of nitrogens with zero attached hydrogens (tertiary/aromatic N) is 4. The highest BCUT2D eigenvalue weighted by Crippen LogP contribution is 2.30. The van der Waals surface area contributed by atoms with E-state index in [0.717, 1.165) is 17.5 Å². The van der Waals surface area contributed by atoms with Crippen LogP contribution >= 0.6 is 0 Å². The Balaban J connectivity index is 1.60. The second-order valence-corrected chi connectivity index (χ2v) is 6.11. The van der Waals surface area contributed by atoms with Crippen molar-refractivity contribution in [2.75, 3.05) is 7.11 Å². The van der Waals surface area contributed by atoms with Gasteiger partial charge in [-0.05, 0) is 24.1 Å². The normalized spacial score (nSPS) is 10.9. The minimum absolute atomic E-state index is 0.177. The third-order valence-electron chi connectivity index (χ3n) is 4.46. The van der Waals surface area contributed by atoms with E-state index in [1.165, 1.54) is 14.8 Å². The van der Waals surface area contributed by atoms with Crippen molar-refractivity contribution in [3.63, 3.8) is 0 Å². The third kappa shape index (κ3) is 3.39. The van der Waals surface area contributed by atoms with Crippen LogP contribution in [0.15, 0.2) is 72.0 Å². The summed E-state index contributed by atoms with van der Waals surface area (Å²) in [7, 11) is 1.61. The van der Waals surface area contributed by atoms with Crippen LogP contribution in [0, 0.1) is 0 Å². The maximum atomic E-state index is 12.7. The molecule has 7 nitrogen and oxygen atoms in total. The molecule has 2 aromatic carbocycles. The SMILES string of the molecule is COc1cc(-n2cnn(CCc3ccccc3)c2=O)ccc1-c1cn[nH]c1. The van der Waals surface area contributed by atoms with Gasteiger partial charge in [0.25, 0.3) is 0 Å². The van der Waals surface area contributed by atoms with Crippen molar-refractivity contribution < 1.29 is 4.74 Å². The van der Waals surface area contributed by atoms with Crippen LogP contribution in [-0.2, 0) is 13.0 Å². The summed E-state index contributed by atoms with van der Waals surface area (Å²) in [4.78, 5) is 12.7. The fraction of sp³-hybridized carbons (Fsp3) is 0.150. The average molecular weight is 361 g/mol. The molecular weight excluding hydrogens is 342 g/mol. The van der Waals surface area contributed by atoms with Crippen LogP contribution in [0.2, 0.25) is 0 Å². The molecule has 0 amide bonds. The molecule has 0 radical (unpaired) electrons. The van der Waals surface area contributed by atoms with Gasteiger partial charge in [-0.1, -0.05) is 30.3 Å². The Labute approximate surface area is 155 Å². The van der Waals surface area contributed by atoms with E-state index in [2.05, 4.69) is 15.3 Å². The highest BCUT2D eigenvalue weighted by atomic mass is 16.5. The first-order chi connectivity index (χ1) is 13.3. The highest BCUT2D eigenvalue weighted by molar-refractivity contribution is 5.71. The Hall–Kier alpha value is -3.61. The standard InChI is InChI=1S/C20H19N5O2/c1-27-19-11-17(7-8-18(19)16-12-21-22-13-16)24-14-23-25(20(24)26)10-9-15-5-3-2-4-6-15/h2-8,11-14H,9-10H2,1H3,(H,21,22). The number of aromatic amines is 1. The van der Waals surface area contributed by atoms with Crippen LogP contribution in [0.25, 0.3) is 16.8 Å². The lowest BCUT2D eigenvalue weighted by Gasteiger charge is -2.09. The number of H-pyrrole nitrogens is 1. The molecule has 4 rings (SSSR count). The van der Waals surface area contributed by atoms with E-state index >= 15 is 0 Å². The topological polar surface area (TPSA) is 77.7 Å². The lowest BCUT2D eigenvalue weighted by atomic mass is 10.1. The van der Waals surface area contributed by atoms with Crippen molar-refractivity contribution >= 4 is 0 Å². The maximum absolute atomic E-state index is 12.7. The van der Waals surface area contributed by atoms with Gasteiger partial charge < -0.3 is 4.74 Å². The van der Waals surface area contributed by atoms with Crippen LogP contribution in [0.3, 0.4) is 0 Å². The van der Waals surface area contributed by atoms with Gasteiger partial charge in [-0.2, -0.15) is 10.2 Å². The summed E-state index contributed by atoms with van der Waals surface area (Å²) in [6.07, 6.45) is 5.82. The number of benzene rings is 2.